The van der Waals surface area contributed by atoms with Gasteiger partial charge < -0.3 is 15.6 Å². The van der Waals surface area contributed by atoms with Crippen molar-refractivity contribution in [2.45, 2.75) is 44.8 Å². The Morgan fingerprint density at radius 3 is 3.09 bits per heavy atom. The number of aliphatic hydroxyl groups is 1. The Balaban J connectivity index is 2.00. The average molecular weight is 315 g/mol. The number of nitrogens with zero attached hydrogens (tertiary/aromatic N) is 4. The Bertz CT molecular complexity index is 736. The third-order valence-electron chi connectivity index (χ3n) is 4.33. The zero-order chi connectivity index (χ0) is 16.4. The molecule has 0 aromatic carbocycles. The first-order valence-corrected chi connectivity index (χ1v) is 7.98. The van der Waals surface area contributed by atoms with Gasteiger partial charge in [0.1, 0.15) is 5.39 Å². The maximum absolute atomic E-state index is 9.88. The topological polar surface area (TPSA) is 110 Å². The van der Waals surface area contributed by atoms with Crippen molar-refractivity contribution in [3.63, 3.8) is 0 Å². The van der Waals surface area contributed by atoms with E-state index in [1.54, 1.807) is 10.9 Å². The summed E-state index contributed by atoms with van der Waals surface area (Å²) >= 11 is 0. The largest absolute Gasteiger partial charge is 0.477 e. The molecule has 2 aromatic heterocycles. The van der Waals surface area contributed by atoms with Gasteiger partial charge in [-0.1, -0.05) is 13.3 Å². The first-order chi connectivity index (χ1) is 11.2. The van der Waals surface area contributed by atoms with Crippen LogP contribution in [0, 0.1) is 17.2 Å². The molecule has 0 aliphatic heterocycles. The highest BCUT2D eigenvalue weighted by atomic mass is 16.5. The van der Waals surface area contributed by atoms with Crippen LogP contribution >= 0.6 is 0 Å². The molecule has 7 heteroatoms. The number of aliphatic hydroxyl groups excluding tert-OH is 1. The number of unbranched alkanes of at least 4 members (excludes halogenated alkanes) is 1. The zero-order valence-electron chi connectivity index (χ0n) is 13.1. The van der Waals surface area contributed by atoms with Crippen molar-refractivity contribution in [2.75, 3.05) is 12.3 Å². The van der Waals surface area contributed by atoms with E-state index < -0.39 is 6.10 Å². The molecule has 2 heterocycles. The molecule has 1 fully saturated rings. The Hall–Kier alpha value is -2.33. The van der Waals surface area contributed by atoms with Gasteiger partial charge in [0.2, 0.25) is 5.88 Å². The lowest BCUT2D eigenvalue weighted by Crippen LogP contribution is -2.14. The van der Waals surface area contributed by atoms with E-state index >= 15 is 0 Å². The molecule has 1 unspecified atom stereocenters. The Morgan fingerprint density at radius 1 is 1.52 bits per heavy atom. The zero-order valence-corrected chi connectivity index (χ0v) is 13.1. The molecule has 1 aliphatic rings. The van der Waals surface area contributed by atoms with E-state index in [0.29, 0.717) is 36.5 Å². The molecule has 1 saturated carbocycles. The molecular formula is C16H21N5O2. The number of hydrogen-bond donors (Lipinski definition) is 2. The molecule has 0 saturated heterocycles. The predicted molar refractivity (Wildman–Crippen MR) is 85.7 cm³/mol. The first kappa shape index (κ1) is 15.6. The molecule has 122 valence electrons. The van der Waals surface area contributed by atoms with Crippen LogP contribution in [0.3, 0.4) is 0 Å². The van der Waals surface area contributed by atoms with Gasteiger partial charge in [-0.15, -0.1) is 0 Å². The molecule has 3 rings (SSSR count). The van der Waals surface area contributed by atoms with Gasteiger partial charge in [-0.2, -0.15) is 10.4 Å². The lowest BCUT2D eigenvalue weighted by molar-refractivity contribution is 0.176. The Labute approximate surface area is 134 Å². The van der Waals surface area contributed by atoms with Crippen LogP contribution in [0.25, 0.3) is 10.9 Å². The highest BCUT2D eigenvalue weighted by Crippen LogP contribution is 2.39. The van der Waals surface area contributed by atoms with Crippen LogP contribution in [-0.2, 0) is 0 Å². The van der Waals surface area contributed by atoms with Crippen molar-refractivity contribution in [1.82, 2.24) is 14.8 Å². The second kappa shape index (κ2) is 6.42. The minimum Gasteiger partial charge on any atom is -0.477 e. The standard InChI is InChI=1S/C16H21N5O2/c1-2-3-6-23-16-14-12(4-5-19-16)21(20-15(14)18)13-8-11(22)7-10(13)9-17/h4-5,10-11,13,22H,2-3,6-8H2,1H3,(H2,18,20)/t10-,11?,13-/m0/s1. The number of aromatic nitrogens is 3. The summed E-state index contributed by atoms with van der Waals surface area (Å²) in [5, 5.41) is 24.3. The van der Waals surface area contributed by atoms with Crippen LogP contribution in [-0.4, -0.2) is 32.6 Å². The van der Waals surface area contributed by atoms with Crippen molar-refractivity contribution in [3.8, 4) is 11.9 Å². The minimum absolute atomic E-state index is 0.180. The van der Waals surface area contributed by atoms with E-state index in [-0.39, 0.29) is 12.0 Å². The number of fused-ring (bicyclic) bond motifs is 1. The third-order valence-corrected chi connectivity index (χ3v) is 4.33. The lowest BCUT2D eigenvalue weighted by Gasteiger charge is -2.15. The fraction of sp³-hybridized carbons (Fsp3) is 0.562. The van der Waals surface area contributed by atoms with E-state index in [9.17, 15) is 10.4 Å². The fourth-order valence-electron chi connectivity index (χ4n) is 3.16. The number of pyridine rings is 1. The molecule has 3 atom stereocenters. The summed E-state index contributed by atoms with van der Waals surface area (Å²) in [6.07, 6.45) is 4.13. The molecule has 0 radical (unpaired) electrons. The number of nitriles is 1. The number of rotatable bonds is 5. The van der Waals surface area contributed by atoms with Gasteiger partial charge in [0.15, 0.2) is 5.82 Å². The SMILES string of the molecule is CCCCOc1nccc2c1c(N)nn2[C@H]1CC(O)C[C@H]1C#N. The van der Waals surface area contributed by atoms with E-state index in [4.69, 9.17) is 10.5 Å². The number of nitrogens with two attached hydrogens (primary N) is 1. The highest BCUT2D eigenvalue weighted by Gasteiger charge is 2.36. The van der Waals surface area contributed by atoms with Crippen LogP contribution in [0.2, 0.25) is 0 Å². The monoisotopic (exact) mass is 315 g/mol. The number of nitrogen functional groups attached to an aromatic ring is 1. The van der Waals surface area contributed by atoms with Gasteiger partial charge in [0.05, 0.1) is 36.3 Å². The maximum Gasteiger partial charge on any atom is 0.226 e. The summed E-state index contributed by atoms with van der Waals surface area (Å²) in [5.74, 6) is 0.551. The van der Waals surface area contributed by atoms with Gasteiger partial charge in [-0.25, -0.2) is 4.98 Å². The molecule has 0 bridgehead atoms. The first-order valence-electron chi connectivity index (χ1n) is 7.98. The van der Waals surface area contributed by atoms with Crippen LogP contribution in [0.1, 0.15) is 38.6 Å². The van der Waals surface area contributed by atoms with E-state index in [0.717, 1.165) is 18.4 Å². The molecule has 0 amide bonds. The predicted octanol–water partition coefficient (Wildman–Crippen LogP) is 2.03. The molecular weight excluding hydrogens is 294 g/mol. The van der Waals surface area contributed by atoms with Gasteiger partial charge in [0, 0.05) is 6.20 Å². The molecule has 23 heavy (non-hydrogen) atoms. The van der Waals surface area contributed by atoms with Gasteiger partial charge in [-0.3, -0.25) is 4.68 Å². The molecule has 2 aromatic rings. The molecule has 7 nitrogen and oxygen atoms in total. The van der Waals surface area contributed by atoms with Crippen molar-refractivity contribution >= 4 is 16.7 Å². The van der Waals surface area contributed by atoms with Crippen LogP contribution in [0.15, 0.2) is 12.3 Å². The van der Waals surface area contributed by atoms with Crippen LogP contribution < -0.4 is 10.5 Å². The Morgan fingerprint density at radius 2 is 2.35 bits per heavy atom. The lowest BCUT2D eigenvalue weighted by atomic mass is 10.1. The average Bonchev–Trinajstić information content (AvgIpc) is 3.08. The number of anilines is 1. The summed E-state index contributed by atoms with van der Waals surface area (Å²) in [7, 11) is 0. The third kappa shape index (κ3) is 2.82. The molecule has 1 aliphatic carbocycles. The van der Waals surface area contributed by atoms with E-state index in [2.05, 4.69) is 23.1 Å². The molecule has 3 N–H and O–H groups in total. The second-order valence-electron chi connectivity index (χ2n) is 5.97. The summed E-state index contributed by atoms with van der Waals surface area (Å²) < 4.78 is 7.49. The maximum atomic E-state index is 9.88. The quantitative estimate of drug-likeness (QED) is 0.817. The second-order valence-corrected chi connectivity index (χ2v) is 5.97. The molecule has 0 spiro atoms. The Kier molecular flexibility index (Phi) is 4.35. The van der Waals surface area contributed by atoms with Crippen molar-refractivity contribution < 1.29 is 9.84 Å². The van der Waals surface area contributed by atoms with Gasteiger partial charge >= 0.3 is 0 Å². The van der Waals surface area contributed by atoms with Gasteiger partial charge in [0.25, 0.3) is 0 Å². The number of hydrogen-bond acceptors (Lipinski definition) is 6. The number of ether oxygens (including phenoxy) is 1. The van der Waals surface area contributed by atoms with E-state index in [1.165, 1.54) is 0 Å². The van der Waals surface area contributed by atoms with Gasteiger partial charge in [-0.05, 0) is 25.3 Å². The normalized spacial score (nSPS) is 24.0. The van der Waals surface area contributed by atoms with Crippen LogP contribution in [0.5, 0.6) is 5.88 Å². The fourth-order valence-corrected chi connectivity index (χ4v) is 3.16. The summed E-state index contributed by atoms with van der Waals surface area (Å²) in [5.41, 5.74) is 6.87. The van der Waals surface area contributed by atoms with Crippen molar-refractivity contribution in [2.24, 2.45) is 5.92 Å². The summed E-state index contributed by atoms with van der Waals surface area (Å²) in [6.45, 7) is 2.67. The summed E-state index contributed by atoms with van der Waals surface area (Å²) in [6, 6.07) is 3.91. The van der Waals surface area contributed by atoms with Crippen molar-refractivity contribution in [1.29, 1.82) is 5.26 Å². The highest BCUT2D eigenvalue weighted by molar-refractivity contribution is 5.93. The van der Waals surface area contributed by atoms with Crippen LogP contribution in [0.4, 0.5) is 5.82 Å². The van der Waals surface area contributed by atoms with Crippen molar-refractivity contribution in [3.05, 3.63) is 12.3 Å². The van der Waals surface area contributed by atoms with E-state index in [1.807, 2.05) is 6.07 Å². The summed E-state index contributed by atoms with van der Waals surface area (Å²) in [4.78, 5) is 4.26. The minimum atomic E-state index is -0.479. The smallest absolute Gasteiger partial charge is 0.226 e.